The monoisotopic (exact) mass is 468 g/mol. The normalized spacial score (nSPS) is 14.5. The number of ether oxygens (including phenoxy) is 1. The number of nitrogens with zero attached hydrogens (tertiary/aromatic N) is 3. The van der Waals surface area contributed by atoms with Crippen molar-refractivity contribution in [2.45, 2.75) is 11.3 Å². The highest BCUT2D eigenvalue weighted by Crippen LogP contribution is 2.21. The van der Waals surface area contributed by atoms with Crippen molar-refractivity contribution < 1.29 is 13.2 Å². The van der Waals surface area contributed by atoms with E-state index in [4.69, 9.17) is 4.74 Å². The Morgan fingerprint density at radius 2 is 1.76 bits per heavy atom. The summed E-state index contributed by atoms with van der Waals surface area (Å²) in [5, 5.41) is 6.40. The van der Waals surface area contributed by atoms with Crippen LogP contribution in [0.15, 0.2) is 71.8 Å². The summed E-state index contributed by atoms with van der Waals surface area (Å²) >= 11 is 0. The number of para-hydroxylation sites is 1. The number of hydrogen-bond acceptors (Lipinski definition) is 8. The van der Waals surface area contributed by atoms with Gasteiger partial charge >= 0.3 is 0 Å². The Morgan fingerprint density at radius 3 is 2.58 bits per heavy atom. The van der Waals surface area contributed by atoms with Gasteiger partial charge in [-0.15, -0.1) is 0 Å². The van der Waals surface area contributed by atoms with Crippen molar-refractivity contribution >= 4 is 33.2 Å². The van der Waals surface area contributed by atoms with Crippen LogP contribution in [0.5, 0.6) is 0 Å². The molecule has 2 aromatic carbocycles. The fourth-order valence-electron chi connectivity index (χ4n) is 3.45. The van der Waals surface area contributed by atoms with Crippen LogP contribution in [0.25, 0.3) is 0 Å². The fraction of sp³-hybridized carbons (Fsp3) is 0.304. The van der Waals surface area contributed by atoms with Gasteiger partial charge in [-0.05, 0) is 49.4 Å². The van der Waals surface area contributed by atoms with Crippen LogP contribution in [0.4, 0.5) is 23.1 Å². The predicted molar refractivity (Wildman–Crippen MR) is 129 cm³/mol. The highest BCUT2D eigenvalue weighted by molar-refractivity contribution is 7.92. The summed E-state index contributed by atoms with van der Waals surface area (Å²) in [6, 6.07) is 17.1. The van der Waals surface area contributed by atoms with Gasteiger partial charge in [0.15, 0.2) is 0 Å². The van der Waals surface area contributed by atoms with Gasteiger partial charge in [-0.3, -0.25) is 9.62 Å². The lowest BCUT2D eigenvalue weighted by Gasteiger charge is -2.26. The van der Waals surface area contributed by atoms with E-state index in [0.717, 1.165) is 45.8 Å². The first-order valence-electron chi connectivity index (χ1n) is 10.9. The van der Waals surface area contributed by atoms with Crippen molar-refractivity contribution in [2.75, 3.05) is 54.7 Å². The zero-order valence-electron chi connectivity index (χ0n) is 18.3. The second-order valence-electron chi connectivity index (χ2n) is 7.62. The van der Waals surface area contributed by atoms with Gasteiger partial charge in [-0.2, -0.15) is 4.98 Å². The smallest absolute Gasteiger partial charge is 0.261 e. The van der Waals surface area contributed by atoms with Crippen LogP contribution in [0.3, 0.4) is 0 Å². The molecule has 3 N–H and O–H groups in total. The van der Waals surface area contributed by atoms with E-state index in [0.29, 0.717) is 23.1 Å². The number of nitrogens with one attached hydrogen (secondary N) is 3. The van der Waals surface area contributed by atoms with Crippen molar-refractivity contribution in [3.05, 3.63) is 66.9 Å². The Morgan fingerprint density at radius 1 is 0.970 bits per heavy atom. The first kappa shape index (κ1) is 23.0. The second-order valence-corrected chi connectivity index (χ2v) is 9.31. The Labute approximate surface area is 194 Å². The summed E-state index contributed by atoms with van der Waals surface area (Å²) in [5.74, 6) is 1.10. The van der Waals surface area contributed by atoms with E-state index in [-0.39, 0.29) is 4.90 Å². The molecule has 1 aliphatic rings. The van der Waals surface area contributed by atoms with E-state index >= 15 is 0 Å². The molecule has 0 amide bonds. The van der Waals surface area contributed by atoms with E-state index < -0.39 is 10.0 Å². The fourth-order valence-corrected chi connectivity index (χ4v) is 4.56. The van der Waals surface area contributed by atoms with Gasteiger partial charge < -0.3 is 15.4 Å². The number of rotatable bonds is 10. The number of anilines is 4. The first-order valence-corrected chi connectivity index (χ1v) is 12.4. The molecule has 0 atom stereocenters. The van der Waals surface area contributed by atoms with Gasteiger partial charge in [0.1, 0.15) is 5.82 Å². The highest BCUT2D eigenvalue weighted by atomic mass is 32.2. The average Bonchev–Trinajstić information content (AvgIpc) is 2.83. The Bertz CT molecular complexity index is 1140. The van der Waals surface area contributed by atoms with Gasteiger partial charge in [0.05, 0.1) is 18.1 Å². The van der Waals surface area contributed by atoms with E-state index in [2.05, 4.69) is 30.2 Å². The van der Waals surface area contributed by atoms with Crippen molar-refractivity contribution in [3.63, 3.8) is 0 Å². The minimum Gasteiger partial charge on any atom is -0.379 e. The molecule has 1 fully saturated rings. The third kappa shape index (κ3) is 6.88. The Kier molecular flexibility index (Phi) is 7.71. The Hall–Kier alpha value is -3.21. The highest BCUT2D eigenvalue weighted by Gasteiger charge is 2.15. The minimum absolute atomic E-state index is 0.147. The zero-order valence-corrected chi connectivity index (χ0v) is 19.1. The van der Waals surface area contributed by atoms with Crippen LogP contribution in [0.1, 0.15) is 6.42 Å². The maximum Gasteiger partial charge on any atom is 0.261 e. The molecule has 2 heterocycles. The molecule has 0 aliphatic carbocycles. The molecule has 1 saturated heterocycles. The van der Waals surface area contributed by atoms with E-state index in [1.165, 1.54) is 0 Å². The molecule has 0 radical (unpaired) electrons. The molecular weight excluding hydrogens is 440 g/mol. The SMILES string of the molecule is O=S(=O)(Nc1ccccc1)c1cccc(Nc2nccc(NCCCN3CCOCC3)n2)c1. The molecule has 0 unspecified atom stereocenters. The number of hydrogen-bond donors (Lipinski definition) is 3. The van der Waals surface area contributed by atoms with Crippen LogP contribution in [0, 0.1) is 0 Å². The average molecular weight is 469 g/mol. The molecule has 1 aliphatic heterocycles. The lowest BCUT2D eigenvalue weighted by atomic mass is 10.3. The van der Waals surface area contributed by atoms with Crippen LogP contribution < -0.4 is 15.4 Å². The number of benzene rings is 2. The molecule has 10 heteroatoms. The standard InChI is InChI=1S/C23H28N6O3S/c30-33(31,28-19-6-2-1-3-7-19)21-9-4-8-20(18-21)26-23-25-12-10-22(27-23)24-11-5-13-29-14-16-32-17-15-29/h1-4,6-10,12,18,28H,5,11,13-17H2,(H2,24,25,26,27). The lowest BCUT2D eigenvalue weighted by Crippen LogP contribution is -2.37. The molecule has 9 nitrogen and oxygen atoms in total. The van der Waals surface area contributed by atoms with E-state index in [1.807, 2.05) is 12.1 Å². The molecule has 174 valence electrons. The maximum atomic E-state index is 12.7. The quantitative estimate of drug-likeness (QED) is 0.390. The maximum absolute atomic E-state index is 12.7. The van der Waals surface area contributed by atoms with Gasteiger partial charge in [-0.25, -0.2) is 13.4 Å². The topological polar surface area (TPSA) is 108 Å². The third-order valence-corrected chi connectivity index (χ3v) is 6.52. The Balaban J connectivity index is 1.34. The second kappa shape index (κ2) is 11.1. The molecule has 0 spiro atoms. The summed E-state index contributed by atoms with van der Waals surface area (Å²) < 4.78 is 33.4. The molecule has 0 bridgehead atoms. The number of aromatic nitrogens is 2. The van der Waals surface area contributed by atoms with Crippen LogP contribution in [-0.2, 0) is 14.8 Å². The van der Waals surface area contributed by atoms with Crippen molar-refractivity contribution in [3.8, 4) is 0 Å². The summed E-state index contributed by atoms with van der Waals surface area (Å²) in [5.41, 5.74) is 1.09. The largest absolute Gasteiger partial charge is 0.379 e. The van der Waals surface area contributed by atoms with Gasteiger partial charge in [0, 0.05) is 37.2 Å². The van der Waals surface area contributed by atoms with Gasteiger partial charge in [0.2, 0.25) is 5.95 Å². The molecule has 4 rings (SSSR count). The van der Waals surface area contributed by atoms with Crippen LogP contribution >= 0.6 is 0 Å². The van der Waals surface area contributed by atoms with Crippen molar-refractivity contribution in [1.82, 2.24) is 14.9 Å². The van der Waals surface area contributed by atoms with Crippen LogP contribution in [-0.4, -0.2) is 62.7 Å². The number of morpholine rings is 1. The van der Waals surface area contributed by atoms with Crippen molar-refractivity contribution in [2.24, 2.45) is 0 Å². The third-order valence-electron chi connectivity index (χ3n) is 5.14. The summed E-state index contributed by atoms with van der Waals surface area (Å²) in [6.45, 7) is 5.39. The summed E-state index contributed by atoms with van der Waals surface area (Å²) in [6.07, 6.45) is 2.66. The molecule has 3 aromatic rings. The first-order chi connectivity index (χ1) is 16.1. The summed E-state index contributed by atoms with van der Waals surface area (Å²) in [4.78, 5) is 11.3. The van der Waals surface area contributed by atoms with E-state index in [9.17, 15) is 8.42 Å². The van der Waals surface area contributed by atoms with Crippen LogP contribution in [0.2, 0.25) is 0 Å². The molecule has 33 heavy (non-hydrogen) atoms. The van der Waals surface area contributed by atoms with Gasteiger partial charge in [0.25, 0.3) is 10.0 Å². The summed E-state index contributed by atoms with van der Waals surface area (Å²) in [7, 11) is -3.72. The van der Waals surface area contributed by atoms with E-state index in [1.54, 1.807) is 54.7 Å². The molecule has 0 saturated carbocycles. The zero-order chi connectivity index (χ0) is 22.9. The van der Waals surface area contributed by atoms with Gasteiger partial charge in [-0.1, -0.05) is 24.3 Å². The lowest BCUT2D eigenvalue weighted by molar-refractivity contribution is 0.0378. The predicted octanol–water partition coefficient (Wildman–Crippen LogP) is 3.16. The van der Waals surface area contributed by atoms with Crippen molar-refractivity contribution in [1.29, 1.82) is 0 Å². The number of sulfonamides is 1. The molecule has 1 aromatic heterocycles. The minimum atomic E-state index is -3.72. The molecular formula is C23H28N6O3S.